The van der Waals surface area contributed by atoms with Crippen molar-refractivity contribution in [1.82, 2.24) is 9.78 Å². The zero-order valence-electron chi connectivity index (χ0n) is 14.3. The third-order valence-corrected chi connectivity index (χ3v) is 4.99. The molecule has 27 heavy (non-hydrogen) atoms. The van der Waals surface area contributed by atoms with Gasteiger partial charge in [0.15, 0.2) is 5.69 Å². The molecule has 0 bridgehead atoms. The summed E-state index contributed by atoms with van der Waals surface area (Å²) in [5, 5.41) is 28.2. The molecule has 3 aromatic rings. The average molecular weight is 384 g/mol. The maximum atomic E-state index is 11.6. The van der Waals surface area contributed by atoms with Crippen LogP contribution in [0.3, 0.4) is 0 Å². The molecule has 0 saturated carbocycles. The first-order valence-electron chi connectivity index (χ1n) is 7.79. The summed E-state index contributed by atoms with van der Waals surface area (Å²) in [5.41, 5.74) is 2.23. The van der Waals surface area contributed by atoms with Crippen molar-refractivity contribution in [3.8, 4) is 28.8 Å². The van der Waals surface area contributed by atoms with Crippen LogP contribution in [0.2, 0.25) is 0 Å². The Labute approximate surface area is 156 Å². The van der Waals surface area contributed by atoms with E-state index < -0.39 is 16.6 Å². The maximum absolute atomic E-state index is 11.6. The summed E-state index contributed by atoms with van der Waals surface area (Å²) in [4.78, 5) is -0.160. The van der Waals surface area contributed by atoms with Crippen molar-refractivity contribution in [1.29, 1.82) is 5.26 Å². The molecule has 0 unspecified atom stereocenters. The summed E-state index contributed by atoms with van der Waals surface area (Å²) in [6.07, 6.45) is 0. The number of nitrogens with zero attached hydrogens (tertiary/aromatic N) is 3. The number of hydrogen-bond donors (Lipinski definition) is 2. The number of hydrogen-bond acceptors (Lipinski definition) is 6. The van der Waals surface area contributed by atoms with Crippen molar-refractivity contribution >= 4 is 10.0 Å². The molecule has 0 aliphatic heterocycles. The summed E-state index contributed by atoms with van der Waals surface area (Å²) in [7, 11) is -2.40. The molecular weight excluding hydrogens is 368 g/mol. The number of nitriles is 1. The van der Waals surface area contributed by atoms with Gasteiger partial charge in [0.05, 0.1) is 30.0 Å². The van der Waals surface area contributed by atoms with E-state index in [-0.39, 0.29) is 16.2 Å². The van der Waals surface area contributed by atoms with E-state index in [4.69, 9.17) is 9.88 Å². The third kappa shape index (κ3) is 3.68. The van der Waals surface area contributed by atoms with Gasteiger partial charge in [-0.15, -0.1) is 0 Å². The van der Waals surface area contributed by atoms with Crippen LogP contribution in [0.5, 0.6) is 5.75 Å². The molecular formula is C18H16N4O4S. The van der Waals surface area contributed by atoms with Crippen molar-refractivity contribution in [2.24, 2.45) is 5.14 Å². The fourth-order valence-electron chi connectivity index (χ4n) is 2.70. The molecule has 9 heteroatoms. The number of benzene rings is 2. The lowest BCUT2D eigenvalue weighted by molar-refractivity contribution is 0.278. The van der Waals surface area contributed by atoms with Crippen LogP contribution in [0.15, 0.2) is 53.4 Å². The Bertz CT molecular complexity index is 1130. The average Bonchev–Trinajstić information content (AvgIpc) is 3.11. The van der Waals surface area contributed by atoms with Crippen LogP contribution in [0.1, 0.15) is 11.3 Å². The number of methoxy groups -OCH3 is 1. The van der Waals surface area contributed by atoms with Gasteiger partial charge < -0.3 is 9.84 Å². The predicted molar refractivity (Wildman–Crippen MR) is 97.6 cm³/mol. The van der Waals surface area contributed by atoms with E-state index in [1.54, 1.807) is 25.3 Å². The first kappa shape index (κ1) is 18.6. The van der Waals surface area contributed by atoms with Gasteiger partial charge in [0.25, 0.3) is 0 Å². The molecule has 0 radical (unpaired) electrons. The molecule has 8 nitrogen and oxygen atoms in total. The highest BCUT2D eigenvalue weighted by Crippen LogP contribution is 2.27. The summed E-state index contributed by atoms with van der Waals surface area (Å²) in [6, 6.07) is 15.1. The monoisotopic (exact) mass is 384 g/mol. The summed E-state index contributed by atoms with van der Waals surface area (Å²) in [6.45, 7) is -0.510. The van der Waals surface area contributed by atoms with Gasteiger partial charge in [0.2, 0.25) is 10.0 Å². The zero-order valence-corrected chi connectivity index (χ0v) is 15.1. The van der Waals surface area contributed by atoms with Crippen molar-refractivity contribution in [3.05, 3.63) is 59.8 Å². The van der Waals surface area contributed by atoms with Gasteiger partial charge in [0, 0.05) is 11.6 Å². The van der Waals surface area contributed by atoms with Crippen molar-refractivity contribution < 1.29 is 18.3 Å². The molecule has 2 aromatic carbocycles. The molecule has 0 aliphatic carbocycles. The van der Waals surface area contributed by atoms with Crippen LogP contribution in [-0.2, 0) is 16.6 Å². The fourth-order valence-corrected chi connectivity index (χ4v) is 3.45. The number of sulfonamides is 1. The SMILES string of the molecule is COc1ccc(-c2cc(C#N)nn2-c2ccc(S(N)(=O)=O)c(CO)c2)cc1. The predicted octanol–water partition coefficient (Wildman–Crippen LogP) is 1.56. The maximum Gasteiger partial charge on any atom is 0.238 e. The van der Waals surface area contributed by atoms with E-state index in [0.29, 0.717) is 17.1 Å². The number of aliphatic hydroxyl groups is 1. The number of aliphatic hydroxyl groups excluding tert-OH is 1. The minimum absolute atomic E-state index is 0.143. The molecule has 3 rings (SSSR count). The Hall–Kier alpha value is -3.19. The molecule has 0 aliphatic rings. The normalized spacial score (nSPS) is 11.2. The lowest BCUT2D eigenvalue weighted by Crippen LogP contribution is -2.15. The van der Waals surface area contributed by atoms with Gasteiger partial charge >= 0.3 is 0 Å². The summed E-state index contributed by atoms with van der Waals surface area (Å²) >= 11 is 0. The minimum Gasteiger partial charge on any atom is -0.497 e. The molecule has 0 amide bonds. The summed E-state index contributed by atoms with van der Waals surface area (Å²) in [5.74, 6) is 0.686. The molecule has 0 atom stereocenters. The van der Waals surface area contributed by atoms with Gasteiger partial charge in [-0.1, -0.05) is 0 Å². The first-order chi connectivity index (χ1) is 12.9. The Morgan fingerprint density at radius 3 is 2.48 bits per heavy atom. The second-order valence-electron chi connectivity index (χ2n) is 5.66. The van der Waals surface area contributed by atoms with E-state index in [1.807, 2.05) is 18.2 Å². The van der Waals surface area contributed by atoms with E-state index in [0.717, 1.165) is 5.56 Å². The van der Waals surface area contributed by atoms with Crippen molar-refractivity contribution in [2.45, 2.75) is 11.5 Å². The van der Waals surface area contributed by atoms with Crippen LogP contribution in [0.4, 0.5) is 0 Å². The van der Waals surface area contributed by atoms with Gasteiger partial charge in [0.1, 0.15) is 11.8 Å². The first-order valence-corrected chi connectivity index (χ1v) is 9.33. The van der Waals surface area contributed by atoms with Crippen molar-refractivity contribution in [2.75, 3.05) is 7.11 Å². The Morgan fingerprint density at radius 1 is 1.22 bits per heavy atom. The number of rotatable bonds is 5. The summed E-state index contributed by atoms with van der Waals surface area (Å²) < 4.78 is 30.0. The fraction of sp³-hybridized carbons (Fsp3) is 0.111. The van der Waals surface area contributed by atoms with Crippen LogP contribution in [0.25, 0.3) is 16.9 Å². The second-order valence-corrected chi connectivity index (χ2v) is 7.19. The van der Waals surface area contributed by atoms with E-state index in [9.17, 15) is 18.8 Å². The molecule has 3 N–H and O–H groups in total. The lowest BCUT2D eigenvalue weighted by Gasteiger charge is -2.11. The zero-order chi connectivity index (χ0) is 19.6. The lowest BCUT2D eigenvalue weighted by atomic mass is 10.1. The molecule has 1 heterocycles. The third-order valence-electron chi connectivity index (χ3n) is 3.98. The Kier molecular flexibility index (Phi) is 4.96. The molecule has 0 spiro atoms. The second kappa shape index (κ2) is 7.20. The Morgan fingerprint density at radius 2 is 1.93 bits per heavy atom. The number of nitrogens with two attached hydrogens (primary N) is 1. The van der Waals surface area contributed by atoms with Gasteiger partial charge in [-0.3, -0.25) is 0 Å². The largest absolute Gasteiger partial charge is 0.497 e. The van der Waals surface area contributed by atoms with E-state index in [1.165, 1.54) is 22.9 Å². The topological polar surface area (TPSA) is 131 Å². The van der Waals surface area contributed by atoms with Gasteiger partial charge in [-0.25, -0.2) is 18.2 Å². The van der Waals surface area contributed by atoms with E-state index in [2.05, 4.69) is 5.10 Å². The number of aromatic nitrogens is 2. The van der Waals surface area contributed by atoms with Gasteiger partial charge in [-0.05, 0) is 48.0 Å². The van der Waals surface area contributed by atoms with Crippen LogP contribution < -0.4 is 9.88 Å². The minimum atomic E-state index is -3.97. The highest BCUT2D eigenvalue weighted by Gasteiger charge is 2.17. The Balaban J connectivity index is 2.17. The highest BCUT2D eigenvalue weighted by atomic mass is 32.2. The number of ether oxygens (including phenoxy) is 1. The van der Waals surface area contributed by atoms with E-state index >= 15 is 0 Å². The molecule has 0 fully saturated rings. The van der Waals surface area contributed by atoms with Crippen LogP contribution >= 0.6 is 0 Å². The van der Waals surface area contributed by atoms with Crippen LogP contribution in [-0.4, -0.2) is 30.4 Å². The van der Waals surface area contributed by atoms with Gasteiger partial charge in [-0.2, -0.15) is 10.4 Å². The van der Waals surface area contributed by atoms with Crippen LogP contribution in [0, 0.1) is 11.3 Å². The molecule has 138 valence electrons. The highest BCUT2D eigenvalue weighted by molar-refractivity contribution is 7.89. The quantitative estimate of drug-likeness (QED) is 0.686. The van der Waals surface area contributed by atoms with Crippen molar-refractivity contribution in [3.63, 3.8) is 0 Å². The smallest absolute Gasteiger partial charge is 0.238 e. The molecule has 0 saturated heterocycles. The molecule has 1 aromatic heterocycles. The number of primary sulfonamides is 1. The standard InChI is InChI=1S/C18H16N4O4S/c1-26-16-5-2-12(3-6-16)17-9-14(10-19)21-22(17)15-4-7-18(27(20,24)25)13(8-15)11-23/h2-9,23H,11H2,1H3,(H2,20,24,25).